The van der Waals surface area contributed by atoms with E-state index < -0.39 is 30.7 Å². The van der Waals surface area contributed by atoms with E-state index in [2.05, 4.69) is 6.58 Å². The van der Waals surface area contributed by atoms with E-state index in [9.17, 15) is 10.2 Å². The third-order valence-corrected chi connectivity index (χ3v) is 4.70. The Morgan fingerprint density at radius 2 is 1.48 bits per heavy atom. The molecule has 3 rings (SSSR count). The molecular formula is C23H28O6. The molecule has 29 heavy (non-hydrogen) atoms. The van der Waals surface area contributed by atoms with Crippen molar-refractivity contribution in [1.82, 2.24) is 0 Å². The fourth-order valence-electron chi connectivity index (χ4n) is 3.18. The number of hydrogen-bond acceptors (Lipinski definition) is 6. The van der Waals surface area contributed by atoms with Crippen LogP contribution in [0.3, 0.4) is 0 Å². The van der Waals surface area contributed by atoms with E-state index in [1.54, 1.807) is 6.08 Å². The summed E-state index contributed by atoms with van der Waals surface area (Å²) in [5.74, 6) is 0. The first-order valence-electron chi connectivity index (χ1n) is 9.70. The lowest BCUT2D eigenvalue weighted by molar-refractivity contribution is -0.308. The normalized spacial score (nSPS) is 26.9. The lowest BCUT2D eigenvalue weighted by Crippen LogP contribution is -2.60. The van der Waals surface area contributed by atoms with Gasteiger partial charge in [0.2, 0.25) is 0 Å². The van der Waals surface area contributed by atoms with Gasteiger partial charge in [0.15, 0.2) is 6.29 Å². The molecule has 0 amide bonds. The van der Waals surface area contributed by atoms with Gasteiger partial charge in [-0.2, -0.15) is 0 Å². The van der Waals surface area contributed by atoms with Crippen LogP contribution in [0.2, 0.25) is 0 Å². The van der Waals surface area contributed by atoms with E-state index in [0.29, 0.717) is 6.61 Å². The summed E-state index contributed by atoms with van der Waals surface area (Å²) in [4.78, 5) is 0. The summed E-state index contributed by atoms with van der Waals surface area (Å²) in [6.07, 6.45) is -3.19. The second kappa shape index (κ2) is 11.2. The highest BCUT2D eigenvalue weighted by Gasteiger charge is 2.45. The maximum Gasteiger partial charge on any atom is 0.187 e. The number of rotatable bonds is 10. The van der Waals surface area contributed by atoms with Gasteiger partial charge in [-0.05, 0) is 11.1 Å². The Morgan fingerprint density at radius 1 is 0.862 bits per heavy atom. The molecule has 1 fully saturated rings. The Labute approximate surface area is 171 Å². The first-order valence-corrected chi connectivity index (χ1v) is 9.70. The summed E-state index contributed by atoms with van der Waals surface area (Å²) in [6, 6.07) is 19.4. The van der Waals surface area contributed by atoms with Crippen molar-refractivity contribution in [2.24, 2.45) is 0 Å². The van der Waals surface area contributed by atoms with Crippen molar-refractivity contribution in [1.29, 1.82) is 0 Å². The van der Waals surface area contributed by atoms with Crippen molar-refractivity contribution in [2.75, 3.05) is 13.2 Å². The van der Waals surface area contributed by atoms with E-state index in [1.807, 2.05) is 60.7 Å². The fraction of sp³-hybridized carbons (Fsp3) is 0.391. The monoisotopic (exact) mass is 400 g/mol. The van der Waals surface area contributed by atoms with Gasteiger partial charge in [0.05, 0.1) is 26.4 Å². The van der Waals surface area contributed by atoms with Crippen LogP contribution in [0.25, 0.3) is 0 Å². The molecule has 0 bridgehead atoms. The SMILES string of the molecule is C=CCO[C@H]1O[C@H](COCc2ccccc2)[C@H](OCc2ccccc2)[C@H](O)[C@H]1O. The summed E-state index contributed by atoms with van der Waals surface area (Å²) in [7, 11) is 0. The van der Waals surface area contributed by atoms with E-state index in [1.165, 1.54) is 0 Å². The number of benzene rings is 2. The molecule has 1 heterocycles. The molecule has 0 spiro atoms. The second-order valence-electron chi connectivity index (χ2n) is 6.91. The van der Waals surface area contributed by atoms with Gasteiger partial charge in [-0.3, -0.25) is 0 Å². The molecule has 1 saturated heterocycles. The number of aliphatic hydroxyl groups excluding tert-OH is 2. The second-order valence-corrected chi connectivity index (χ2v) is 6.91. The predicted octanol–water partition coefficient (Wildman–Crippen LogP) is 2.44. The third-order valence-electron chi connectivity index (χ3n) is 4.70. The van der Waals surface area contributed by atoms with E-state index >= 15 is 0 Å². The van der Waals surface area contributed by atoms with Crippen LogP contribution < -0.4 is 0 Å². The van der Waals surface area contributed by atoms with Crippen molar-refractivity contribution in [2.45, 2.75) is 43.9 Å². The maximum absolute atomic E-state index is 10.7. The van der Waals surface area contributed by atoms with Crippen molar-refractivity contribution in [3.8, 4) is 0 Å². The smallest absolute Gasteiger partial charge is 0.187 e. The van der Waals surface area contributed by atoms with Gasteiger partial charge in [0.25, 0.3) is 0 Å². The van der Waals surface area contributed by atoms with E-state index in [4.69, 9.17) is 18.9 Å². The van der Waals surface area contributed by atoms with Gasteiger partial charge in [0.1, 0.15) is 24.4 Å². The van der Waals surface area contributed by atoms with Crippen LogP contribution in [0, 0.1) is 0 Å². The number of hydrogen-bond donors (Lipinski definition) is 2. The van der Waals surface area contributed by atoms with Crippen molar-refractivity contribution in [3.63, 3.8) is 0 Å². The molecule has 0 aromatic heterocycles. The largest absolute Gasteiger partial charge is 0.387 e. The maximum atomic E-state index is 10.7. The minimum Gasteiger partial charge on any atom is -0.387 e. The molecule has 0 unspecified atom stereocenters. The minimum atomic E-state index is -1.24. The quantitative estimate of drug-likeness (QED) is 0.597. The molecule has 0 saturated carbocycles. The summed E-state index contributed by atoms with van der Waals surface area (Å²) >= 11 is 0. The van der Waals surface area contributed by atoms with Gasteiger partial charge < -0.3 is 29.2 Å². The van der Waals surface area contributed by atoms with Crippen molar-refractivity contribution in [3.05, 3.63) is 84.4 Å². The van der Waals surface area contributed by atoms with Crippen molar-refractivity contribution >= 4 is 0 Å². The highest BCUT2D eigenvalue weighted by molar-refractivity contribution is 5.14. The summed E-state index contributed by atoms with van der Waals surface area (Å²) < 4.78 is 23.1. The highest BCUT2D eigenvalue weighted by Crippen LogP contribution is 2.26. The third kappa shape index (κ3) is 6.21. The Morgan fingerprint density at radius 3 is 2.10 bits per heavy atom. The van der Waals surface area contributed by atoms with E-state index in [-0.39, 0.29) is 19.8 Å². The average Bonchev–Trinajstić information content (AvgIpc) is 2.76. The van der Waals surface area contributed by atoms with Gasteiger partial charge in [-0.1, -0.05) is 66.7 Å². The predicted molar refractivity (Wildman–Crippen MR) is 108 cm³/mol. The molecule has 2 N–H and O–H groups in total. The number of ether oxygens (including phenoxy) is 4. The Balaban J connectivity index is 1.64. The summed E-state index contributed by atoms with van der Waals surface area (Å²) in [5, 5.41) is 21.1. The van der Waals surface area contributed by atoms with Crippen LogP contribution in [0.5, 0.6) is 0 Å². The molecule has 2 aromatic rings. The molecular weight excluding hydrogens is 372 g/mol. The first kappa shape index (κ1) is 21.6. The Kier molecular flexibility index (Phi) is 8.37. The molecule has 6 nitrogen and oxygen atoms in total. The lowest BCUT2D eigenvalue weighted by Gasteiger charge is -2.42. The van der Waals surface area contributed by atoms with Gasteiger partial charge in [0, 0.05) is 0 Å². The zero-order valence-corrected chi connectivity index (χ0v) is 16.3. The standard InChI is InChI=1S/C23H28O6/c1-2-13-27-23-21(25)20(24)22(28-15-18-11-7-4-8-12-18)19(29-23)16-26-14-17-9-5-3-6-10-17/h2-12,19-25H,1,13-16H2/t19-,20-,21-,22+,23+/m1/s1. The fourth-order valence-corrected chi connectivity index (χ4v) is 3.18. The zero-order chi connectivity index (χ0) is 20.5. The zero-order valence-electron chi connectivity index (χ0n) is 16.3. The van der Waals surface area contributed by atoms with Gasteiger partial charge in [-0.15, -0.1) is 6.58 Å². The van der Waals surface area contributed by atoms with Crippen LogP contribution in [-0.4, -0.2) is 54.1 Å². The molecule has 156 valence electrons. The topological polar surface area (TPSA) is 77.4 Å². The number of aliphatic hydroxyl groups is 2. The van der Waals surface area contributed by atoms with Gasteiger partial charge in [-0.25, -0.2) is 0 Å². The van der Waals surface area contributed by atoms with Gasteiger partial charge >= 0.3 is 0 Å². The van der Waals surface area contributed by atoms with Crippen LogP contribution in [0.1, 0.15) is 11.1 Å². The minimum absolute atomic E-state index is 0.187. The lowest BCUT2D eigenvalue weighted by atomic mass is 9.99. The van der Waals surface area contributed by atoms with E-state index in [0.717, 1.165) is 11.1 Å². The summed E-state index contributed by atoms with van der Waals surface area (Å²) in [5.41, 5.74) is 1.99. The molecule has 0 radical (unpaired) electrons. The van der Waals surface area contributed by atoms with Crippen LogP contribution in [0.4, 0.5) is 0 Å². The molecule has 6 heteroatoms. The molecule has 5 atom stereocenters. The molecule has 2 aromatic carbocycles. The summed E-state index contributed by atoms with van der Waals surface area (Å²) in [6.45, 7) is 4.67. The molecule has 0 aliphatic carbocycles. The Hall–Kier alpha value is -2.06. The van der Waals surface area contributed by atoms with Crippen molar-refractivity contribution < 1.29 is 29.2 Å². The van der Waals surface area contributed by atoms with Crippen LogP contribution in [0.15, 0.2) is 73.3 Å². The Bertz CT molecular complexity index is 723. The first-order chi connectivity index (χ1) is 14.2. The average molecular weight is 400 g/mol. The molecule has 1 aliphatic rings. The van der Waals surface area contributed by atoms with Crippen LogP contribution >= 0.6 is 0 Å². The highest BCUT2D eigenvalue weighted by atomic mass is 16.7. The molecule has 1 aliphatic heterocycles. The van der Waals surface area contributed by atoms with Crippen LogP contribution in [-0.2, 0) is 32.2 Å².